The van der Waals surface area contributed by atoms with Crippen LogP contribution in [0, 0.1) is 5.82 Å². The first-order chi connectivity index (χ1) is 9.61. The van der Waals surface area contributed by atoms with E-state index in [1.54, 1.807) is 6.07 Å². The molecule has 0 bridgehead atoms. The van der Waals surface area contributed by atoms with E-state index in [9.17, 15) is 4.39 Å². The lowest BCUT2D eigenvalue weighted by Gasteiger charge is -2.15. The van der Waals surface area contributed by atoms with Gasteiger partial charge in [0, 0.05) is 16.6 Å². The molecule has 1 nitrogen and oxygen atoms in total. The van der Waals surface area contributed by atoms with Crippen molar-refractivity contribution in [2.75, 3.05) is 6.54 Å². The van der Waals surface area contributed by atoms with Gasteiger partial charge in [-0.2, -0.15) is 0 Å². The minimum absolute atomic E-state index is 0.266. The molecule has 0 aliphatic carbocycles. The topological polar surface area (TPSA) is 12.0 Å². The summed E-state index contributed by atoms with van der Waals surface area (Å²) in [6.45, 7) is 5.25. The summed E-state index contributed by atoms with van der Waals surface area (Å²) in [5.41, 5.74) is 2.85. The maximum Gasteiger partial charge on any atom is 0.123 e. The Labute approximate surface area is 124 Å². The van der Waals surface area contributed by atoms with Gasteiger partial charge in [0.1, 0.15) is 5.82 Å². The van der Waals surface area contributed by atoms with E-state index in [4.69, 9.17) is 11.6 Å². The van der Waals surface area contributed by atoms with Gasteiger partial charge in [0.05, 0.1) is 0 Å². The predicted molar refractivity (Wildman–Crippen MR) is 83.6 cm³/mol. The van der Waals surface area contributed by atoms with Gasteiger partial charge in [0.2, 0.25) is 0 Å². The summed E-state index contributed by atoms with van der Waals surface area (Å²) >= 11 is 6.16. The standard InChI is InChI=1S/C17H19ClFN/c1-3-9-20-12(2)13-5-4-6-14(10-13)16-11-15(19)7-8-17(16)18/h4-8,10-12,20H,3,9H2,1-2H3. The summed E-state index contributed by atoms with van der Waals surface area (Å²) < 4.78 is 13.4. The summed E-state index contributed by atoms with van der Waals surface area (Å²) in [6.07, 6.45) is 1.10. The largest absolute Gasteiger partial charge is 0.310 e. The van der Waals surface area contributed by atoms with Gasteiger partial charge >= 0.3 is 0 Å². The predicted octanol–water partition coefficient (Wildman–Crippen LogP) is 5.21. The molecular formula is C17H19ClFN. The monoisotopic (exact) mass is 291 g/mol. The quantitative estimate of drug-likeness (QED) is 0.797. The van der Waals surface area contributed by atoms with Gasteiger partial charge in [-0.05, 0) is 55.3 Å². The fourth-order valence-corrected chi connectivity index (χ4v) is 2.40. The van der Waals surface area contributed by atoms with Gasteiger partial charge in [-0.25, -0.2) is 4.39 Å². The minimum atomic E-state index is -0.271. The van der Waals surface area contributed by atoms with Crippen molar-refractivity contribution in [3.05, 3.63) is 58.9 Å². The second-order valence-electron chi connectivity index (χ2n) is 4.93. The van der Waals surface area contributed by atoms with Crippen molar-refractivity contribution in [3.8, 4) is 11.1 Å². The molecule has 0 amide bonds. The maximum absolute atomic E-state index is 13.4. The molecule has 3 heteroatoms. The van der Waals surface area contributed by atoms with Crippen molar-refractivity contribution in [3.63, 3.8) is 0 Å². The molecule has 20 heavy (non-hydrogen) atoms. The highest BCUT2D eigenvalue weighted by molar-refractivity contribution is 6.33. The summed E-state index contributed by atoms with van der Waals surface area (Å²) in [4.78, 5) is 0. The fourth-order valence-electron chi connectivity index (χ4n) is 2.17. The second kappa shape index (κ2) is 6.87. The van der Waals surface area contributed by atoms with Crippen LogP contribution >= 0.6 is 11.6 Å². The van der Waals surface area contributed by atoms with Crippen molar-refractivity contribution < 1.29 is 4.39 Å². The Kier molecular flexibility index (Phi) is 5.16. The second-order valence-corrected chi connectivity index (χ2v) is 5.33. The van der Waals surface area contributed by atoms with Crippen LogP contribution in [0.15, 0.2) is 42.5 Å². The SMILES string of the molecule is CCCNC(C)c1cccc(-c2cc(F)ccc2Cl)c1. The molecule has 0 fully saturated rings. The van der Waals surface area contributed by atoms with Crippen LogP contribution < -0.4 is 5.32 Å². The van der Waals surface area contributed by atoms with Crippen molar-refractivity contribution in [1.29, 1.82) is 0 Å². The lowest BCUT2D eigenvalue weighted by Crippen LogP contribution is -2.19. The molecule has 1 atom stereocenters. The summed E-state index contributed by atoms with van der Waals surface area (Å²) in [7, 11) is 0. The molecule has 0 heterocycles. The van der Waals surface area contributed by atoms with Gasteiger partial charge in [-0.15, -0.1) is 0 Å². The third kappa shape index (κ3) is 3.59. The van der Waals surface area contributed by atoms with Crippen molar-refractivity contribution >= 4 is 11.6 Å². The molecule has 0 saturated carbocycles. The average Bonchev–Trinajstić information content (AvgIpc) is 2.47. The van der Waals surface area contributed by atoms with E-state index >= 15 is 0 Å². The maximum atomic E-state index is 13.4. The van der Waals surface area contributed by atoms with Crippen LogP contribution in [0.1, 0.15) is 31.9 Å². The van der Waals surface area contributed by atoms with E-state index in [2.05, 4.69) is 31.3 Å². The molecule has 106 valence electrons. The van der Waals surface area contributed by atoms with Crippen LogP contribution in [-0.2, 0) is 0 Å². The molecule has 0 spiro atoms. The number of rotatable bonds is 5. The number of nitrogens with one attached hydrogen (secondary N) is 1. The molecular weight excluding hydrogens is 273 g/mol. The zero-order valence-electron chi connectivity index (χ0n) is 11.8. The zero-order valence-corrected chi connectivity index (χ0v) is 12.5. The van der Waals surface area contributed by atoms with Gasteiger partial charge < -0.3 is 5.32 Å². The smallest absolute Gasteiger partial charge is 0.123 e. The summed E-state index contributed by atoms with van der Waals surface area (Å²) in [5, 5.41) is 4.01. The van der Waals surface area contributed by atoms with Crippen LogP contribution in [0.25, 0.3) is 11.1 Å². The zero-order chi connectivity index (χ0) is 14.5. The number of hydrogen-bond donors (Lipinski definition) is 1. The normalized spacial score (nSPS) is 12.4. The first-order valence-corrected chi connectivity index (χ1v) is 7.28. The fraction of sp³-hybridized carbons (Fsp3) is 0.294. The molecule has 0 saturated heterocycles. The molecule has 2 aromatic carbocycles. The Balaban J connectivity index is 2.31. The van der Waals surface area contributed by atoms with E-state index in [1.807, 2.05) is 12.1 Å². The molecule has 0 aliphatic rings. The third-order valence-corrected chi connectivity index (χ3v) is 3.66. The molecule has 0 aromatic heterocycles. The summed E-state index contributed by atoms with van der Waals surface area (Å²) in [6, 6.07) is 12.8. The lowest BCUT2D eigenvalue weighted by molar-refractivity contribution is 0.571. The van der Waals surface area contributed by atoms with Crippen molar-refractivity contribution in [2.45, 2.75) is 26.3 Å². The minimum Gasteiger partial charge on any atom is -0.310 e. The Morgan fingerprint density at radius 2 is 2.00 bits per heavy atom. The summed E-state index contributed by atoms with van der Waals surface area (Å²) in [5.74, 6) is -0.271. The number of benzene rings is 2. The van der Waals surface area contributed by atoms with E-state index < -0.39 is 0 Å². The number of halogens is 2. The van der Waals surface area contributed by atoms with Gasteiger partial charge in [0.25, 0.3) is 0 Å². The molecule has 2 aromatic rings. The average molecular weight is 292 g/mol. The molecule has 2 rings (SSSR count). The Morgan fingerprint density at radius 3 is 2.75 bits per heavy atom. The highest BCUT2D eigenvalue weighted by Gasteiger charge is 2.09. The van der Waals surface area contributed by atoms with E-state index in [0.29, 0.717) is 5.02 Å². The van der Waals surface area contributed by atoms with Crippen LogP contribution in [-0.4, -0.2) is 6.54 Å². The lowest BCUT2D eigenvalue weighted by atomic mass is 10.00. The van der Waals surface area contributed by atoms with Gasteiger partial charge in [-0.3, -0.25) is 0 Å². The first-order valence-electron chi connectivity index (χ1n) is 6.90. The van der Waals surface area contributed by atoms with Crippen LogP contribution in [0.2, 0.25) is 5.02 Å². The molecule has 1 unspecified atom stereocenters. The molecule has 0 aliphatic heterocycles. The van der Waals surface area contributed by atoms with Crippen molar-refractivity contribution in [1.82, 2.24) is 5.32 Å². The Morgan fingerprint density at radius 1 is 1.20 bits per heavy atom. The molecule has 1 N–H and O–H groups in total. The van der Waals surface area contributed by atoms with Crippen LogP contribution in [0.5, 0.6) is 0 Å². The highest BCUT2D eigenvalue weighted by Crippen LogP contribution is 2.30. The van der Waals surface area contributed by atoms with Gasteiger partial charge in [-0.1, -0.05) is 36.7 Å². The van der Waals surface area contributed by atoms with Gasteiger partial charge in [0.15, 0.2) is 0 Å². The number of hydrogen-bond acceptors (Lipinski definition) is 1. The van der Waals surface area contributed by atoms with Crippen LogP contribution in [0.4, 0.5) is 4.39 Å². The third-order valence-electron chi connectivity index (χ3n) is 3.33. The first kappa shape index (κ1) is 15.0. The molecule has 0 radical (unpaired) electrons. The van der Waals surface area contributed by atoms with Crippen LogP contribution in [0.3, 0.4) is 0 Å². The Bertz CT molecular complexity index is 583. The van der Waals surface area contributed by atoms with E-state index in [-0.39, 0.29) is 11.9 Å². The van der Waals surface area contributed by atoms with E-state index in [1.165, 1.54) is 17.7 Å². The highest BCUT2D eigenvalue weighted by atomic mass is 35.5. The van der Waals surface area contributed by atoms with E-state index in [0.717, 1.165) is 24.1 Å². The Hall–Kier alpha value is -1.38. The van der Waals surface area contributed by atoms with Crippen molar-refractivity contribution in [2.24, 2.45) is 0 Å².